The van der Waals surface area contributed by atoms with E-state index in [1.165, 1.54) is 19.2 Å². The molecule has 0 aliphatic carbocycles. The van der Waals surface area contributed by atoms with Gasteiger partial charge in [-0.1, -0.05) is 24.3 Å². The van der Waals surface area contributed by atoms with E-state index >= 15 is 0 Å². The molecule has 4 rings (SSSR count). The van der Waals surface area contributed by atoms with Crippen LogP contribution in [0.3, 0.4) is 0 Å². The fourth-order valence-electron chi connectivity index (χ4n) is 3.46. The van der Waals surface area contributed by atoms with Crippen molar-refractivity contribution in [1.29, 1.82) is 0 Å². The van der Waals surface area contributed by atoms with Crippen LogP contribution in [0.4, 0.5) is 5.69 Å². The highest BCUT2D eigenvalue weighted by molar-refractivity contribution is 6.17. The Kier molecular flexibility index (Phi) is 3.84. The second-order valence-corrected chi connectivity index (χ2v) is 6.02. The molecular weight excluding hydrogens is 350 g/mol. The van der Waals surface area contributed by atoms with Gasteiger partial charge in [-0.05, 0) is 28.5 Å². The molecule has 0 spiro atoms. The molecule has 1 aliphatic rings. The van der Waals surface area contributed by atoms with Gasteiger partial charge in [0, 0.05) is 23.3 Å². The van der Waals surface area contributed by atoms with Crippen molar-refractivity contribution in [3.63, 3.8) is 0 Å². The van der Waals surface area contributed by atoms with Gasteiger partial charge in [0.25, 0.3) is 5.69 Å². The third-order valence-electron chi connectivity index (χ3n) is 4.63. The van der Waals surface area contributed by atoms with Gasteiger partial charge in [-0.25, -0.2) is 9.59 Å². The third kappa shape index (κ3) is 2.52. The maximum atomic E-state index is 12.5. The molecule has 7 heteroatoms. The summed E-state index contributed by atoms with van der Waals surface area (Å²) in [7, 11) is 1.28. The van der Waals surface area contributed by atoms with Gasteiger partial charge in [0.2, 0.25) is 0 Å². The lowest BCUT2D eigenvalue weighted by molar-refractivity contribution is -0.384. The number of fused-ring (bicyclic) bond motifs is 2. The first kappa shape index (κ1) is 16.7. The SMILES string of the molecule is COC(=O)c1c2c(c(-c3ccc([N+](=O)[O-])cc3)c3ccccc13)C(=O)OC2. The van der Waals surface area contributed by atoms with E-state index in [2.05, 4.69) is 0 Å². The first-order chi connectivity index (χ1) is 13.0. The van der Waals surface area contributed by atoms with Crippen LogP contribution in [0.15, 0.2) is 48.5 Å². The second kappa shape index (κ2) is 6.21. The van der Waals surface area contributed by atoms with Crippen molar-refractivity contribution in [2.45, 2.75) is 6.61 Å². The fraction of sp³-hybridized carbons (Fsp3) is 0.100. The minimum absolute atomic E-state index is 0.0244. The van der Waals surface area contributed by atoms with Crippen LogP contribution in [-0.4, -0.2) is 24.0 Å². The third-order valence-corrected chi connectivity index (χ3v) is 4.63. The summed E-state index contributed by atoms with van der Waals surface area (Å²) in [5, 5.41) is 12.2. The summed E-state index contributed by atoms with van der Waals surface area (Å²) in [6.45, 7) is -0.0244. The molecule has 3 aromatic carbocycles. The summed E-state index contributed by atoms with van der Waals surface area (Å²) in [5.74, 6) is -1.08. The van der Waals surface area contributed by atoms with Crippen LogP contribution in [-0.2, 0) is 16.1 Å². The van der Waals surface area contributed by atoms with Crippen molar-refractivity contribution in [2.24, 2.45) is 0 Å². The van der Waals surface area contributed by atoms with E-state index in [1.807, 2.05) is 0 Å². The molecule has 27 heavy (non-hydrogen) atoms. The van der Waals surface area contributed by atoms with Gasteiger partial charge in [-0.15, -0.1) is 0 Å². The molecule has 0 bridgehead atoms. The van der Waals surface area contributed by atoms with Crippen molar-refractivity contribution in [2.75, 3.05) is 7.11 Å². The zero-order valence-electron chi connectivity index (χ0n) is 14.2. The minimum Gasteiger partial charge on any atom is -0.465 e. The molecule has 3 aromatic rings. The molecule has 0 saturated carbocycles. The minimum atomic E-state index is -0.545. The first-order valence-corrected chi connectivity index (χ1v) is 8.10. The highest BCUT2D eigenvalue weighted by Crippen LogP contribution is 2.41. The molecule has 0 radical (unpaired) electrons. The number of nitro benzene ring substituents is 1. The Bertz CT molecular complexity index is 1120. The lowest BCUT2D eigenvalue weighted by atomic mass is 9.87. The molecular formula is C20H13NO6. The number of nitro groups is 1. The largest absolute Gasteiger partial charge is 0.465 e. The molecule has 0 unspecified atom stereocenters. The van der Waals surface area contributed by atoms with Gasteiger partial charge in [-0.3, -0.25) is 10.1 Å². The van der Waals surface area contributed by atoms with Crippen molar-refractivity contribution in [1.82, 2.24) is 0 Å². The summed E-state index contributed by atoms with van der Waals surface area (Å²) in [5.41, 5.74) is 2.24. The van der Waals surface area contributed by atoms with Gasteiger partial charge < -0.3 is 9.47 Å². The van der Waals surface area contributed by atoms with E-state index < -0.39 is 16.9 Å². The number of ether oxygens (including phenoxy) is 2. The molecule has 0 atom stereocenters. The summed E-state index contributed by atoms with van der Waals surface area (Å²) in [6, 6.07) is 13.1. The van der Waals surface area contributed by atoms with Crippen LogP contribution < -0.4 is 0 Å². The molecule has 7 nitrogen and oxygen atoms in total. The lowest BCUT2D eigenvalue weighted by Crippen LogP contribution is -2.09. The van der Waals surface area contributed by atoms with Crippen LogP contribution in [0.5, 0.6) is 0 Å². The smallest absolute Gasteiger partial charge is 0.339 e. The normalized spacial score (nSPS) is 12.6. The number of nitrogens with zero attached hydrogens (tertiary/aromatic N) is 1. The van der Waals surface area contributed by atoms with E-state index in [-0.39, 0.29) is 12.3 Å². The van der Waals surface area contributed by atoms with E-state index in [0.29, 0.717) is 38.6 Å². The Balaban J connectivity index is 2.10. The average molecular weight is 363 g/mol. The summed E-state index contributed by atoms with van der Waals surface area (Å²) >= 11 is 0. The highest BCUT2D eigenvalue weighted by atomic mass is 16.6. The van der Waals surface area contributed by atoms with Crippen LogP contribution in [0.25, 0.3) is 21.9 Å². The molecule has 0 saturated heterocycles. The summed E-state index contributed by atoms with van der Waals surface area (Å²) in [6.07, 6.45) is 0. The number of cyclic esters (lactones) is 1. The van der Waals surface area contributed by atoms with E-state index in [4.69, 9.17) is 9.47 Å². The number of hydrogen-bond acceptors (Lipinski definition) is 6. The zero-order chi connectivity index (χ0) is 19.1. The molecule has 1 heterocycles. The second-order valence-electron chi connectivity index (χ2n) is 6.02. The standard InChI is InChI=1S/C20H13NO6/c1-26-19(22)17-14-5-3-2-4-13(14)16(18-15(17)10-27-20(18)23)11-6-8-12(9-7-11)21(24)25/h2-9H,10H2,1H3. The number of esters is 2. The Hall–Kier alpha value is -3.74. The van der Waals surface area contributed by atoms with Crippen molar-refractivity contribution in [3.05, 3.63) is 75.3 Å². The van der Waals surface area contributed by atoms with E-state index in [9.17, 15) is 19.7 Å². The molecule has 0 aromatic heterocycles. The number of carbonyl (C=O) groups is 2. The number of non-ortho nitro benzene ring substituents is 1. The van der Waals surface area contributed by atoms with E-state index in [0.717, 1.165) is 0 Å². The predicted octanol–water partition coefficient (Wildman–Crippen LogP) is 3.87. The first-order valence-electron chi connectivity index (χ1n) is 8.10. The van der Waals surface area contributed by atoms with Crippen molar-refractivity contribution >= 4 is 28.4 Å². The Morgan fingerprint density at radius 3 is 2.37 bits per heavy atom. The Labute approximate surface area is 153 Å². The summed E-state index contributed by atoms with van der Waals surface area (Å²) < 4.78 is 10.1. The molecule has 0 N–H and O–H groups in total. The Morgan fingerprint density at radius 1 is 1.07 bits per heavy atom. The average Bonchev–Trinajstić information content (AvgIpc) is 3.06. The van der Waals surface area contributed by atoms with Crippen LogP contribution in [0.2, 0.25) is 0 Å². The molecule has 1 aliphatic heterocycles. The van der Waals surface area contributed by atoms with Crippen molar-refractivity contribution < 1.29 is 24.0 Å². The monoisotopic (exact) mass is 363 g/mol. The van der Waals surface area contributed by atoms with Gasteiger partial charge in [0.1, 0.15) is 6.61 Å². The van der Waals surface area contributed by atoms with E-state index in [1.54, 1.807) is 36.4 Å². The maximum absolute atomic E-state index is 12.5. The van der Waals surface area contributed by atoms with Gasteiger partial charge in [0.05, 0.1) is 23.2 Å². The number of methoxy groups -OCH3 is 1. The van der Waals surface area contributed by atoms with Gasteiger partial charge in [0.15, 0.2) is 0 Å². The molecule has 0 fully saturated rings. The number of carbonyl (C=O) groups excluding carboxylic acids is 2. The van der Waals surface area contributed by atoms with Crippen LogP contribution in [0.1, 0.15) is 26.3 Å². The number of rotatable bonds is 3. The van der Waals surface area contributed by atoms with Gasteiger partial charge >= 0.3 is 11.9 Å². The summed E-state index contributed by atoms with van der Waals surface area (Å²) in [4.78, 5) is 35.3. The maximum Gasteiger partial charge on any atom is 0.339 e. The molecule has 0 amide bonds. The quantitative estimate of drug-likeness (QED) is 0.398. The fourth-order valence-corrected chi connectivity index (χ4v) is 3.46. The molecule has 134 valence electrons. The van der Waals surface area contributed by atoms with Crippen molar-refractivity contribution in [3.8, 4) is 11.1 Å². The van der Waals surface area contributed by atoms with Crippen LogP contribution >= 0.6 is 0 Å². The predicted molar refractivity (Wildman–Crippen MR) is 96.5 cm³/mol. The van der Waals surface area contributed by atoms with Crippen LogP contribution in [0, 0.1) is 10.1 Å². The number of hydrogen-bond donors (Lipinski definition) is 0. The Morgan fingerprint density at radius 2 is 1.74 bits per heavy atom. The lowest BCUT2D eigenvalue weighted by Gasteiger charge is -2.15. The number of benzene rings is 3. The zero-order valence-corrected chi connectivity index (χ0v) is 14.2. The topological polar surface area (TPSA) is 95.7 Å². The highest BCUT2D eigenvalue weighted by Gasteiger charge is 2.33. The van der Waals surface area contributed by atoms with Gasteiger partial charge in [-0.2, -0.15) is 0 Å².